The van der Waals surface area contributed by atoms with E-state index in [1.165, 1.54) is 13.3 Å². The number of rotatable bonds is 15. The molecule has 4 aromatic rings. The average Bonchev–Trinajstić information content (AvgIpc) is 3.66. The zero-order chi connectivity index (χ0) is 34.9. The van der Waals surface area contributed by atoms with Crippen LogP contribution < -0.4 is 21.1 Å². The first-order valence-corrected chi connectivity index (χ1v) is 16.4. The maximum Gasteiger partial charge on any atom is 0.339 e. The van der Waals surface area contributed by atoms with E-state index in [0.29, 0.717) is 83.9 Å². The topological polar surface area (TPSA) is 181 Å². The number of primary amides is 1. The molecule has 0 unspecified atom stereocenters. The third-order valence-electron chi connectivity index (χ3n) is 7.86. The Morgan fingerprint density at radius 3 is 2.63 bits per heavy atom. The fourth-order valence-electron chi connectivity index (χ4n) is 5.42. The molecule has 1 saturated heterocycles. The minimum Gasteiger partial charge on any atom is -0.491 e. The monoisotopic (exact) mass is 691 g/mol. The van der Waals surface area contributed by atoms with Crippen molar-refractivity contribution >= 4 is 53.2 Å². The minimum absolute atomic E-state index is 0.242. The highest BCUT2D eigenvalue weighted by Crippen LogP contribution is 2.31. The second-order valence-electron chi connectivity index (χ2n) is 11.3. The van der Waals surface area contributed by atoms with Crippen LogP contribution in [0.15, 0.2) is 47.5 Å². The number of morpholine rings is 1. The highest BCUT2D eigenvalue weighted by atomic mass is 32.1. The maximum atomic E-state index is 13.5. The molecule has 1 aromatic carbocycles. The van der Waals surface area contributed by atoms with Crippen LogP contribution >= 0.6 is 12.6 Å². The third-order valence-corrected chi connectivity index (χ3v) is 8.20. The number of aryl methyl sites for hydroxylation is 2. The number of anilines is 2. The maximum absolute atomic E-state index is 13.5. The molecule has 0 aliphatic carbocycles. The van der Waals surface area contributed by atoms with E-state index in [1.807, 2.05) is 30.6 Å². The van der Waals surface area contributed by atoms with Crippen LogP contribution in [0, 0.1) is 6.92 Å². The van der Waals surface area contributed by atoms with Crippen LogP contribution in [0.3, 0.4) is 0 Å². The van der Waals surface area contributed by atoms with Crippen molar-refractivity contribution in [3.63, 3.8) is 0 Å². The Hall–Kier alpha value is -4.93. The number of carbonyl (C=O) groups is 3. The number of amides is 2. The van der Waals surface area contributed by atoms with E-state index in [-0.39, 0.29) is 17.4 Å². The number of aromatic nitrogens is 5. The average molecular weight is 692 g/mol. The molecule has 1 fully saturated rings. The lowest BCUT2D eigenvalue weighted by Gasteiger charge is -2.26. The first-order chi connectivity index (χ1) is 23.7. The van der Waals surface area contributed by atoms with Gasteiger partial charge in [-0.25, -0.2) is 14.8 Å². The molecular weight excluding hydrogens is 650 g/mol. The zero-order valence-electron chi connectivity index (χ0n) is 27.8. The van der Waals surface area contributed by atoms with Crippen molar-refractivity contribution in [2.45, 2.75) is 38.3 Å². The molecular formula is C33H41N9O6S. The Morgan fingerprint density at radius 1 is 1.12 bits per heavy atom. The molecule has 0 atom stereocenters. The number of thiol groups is 1. The molecule has 0 saturated carbocycles. The van der Waals surface area contributed by atoms with Crippen LogP contribution in [0.5, 0.6) is 5.75 Å². The van der Waals surface area contributed by atoms with Crippen molar-refractivity contribution in [1.29, 1.82) is 0 Å². The summed E-state index contributed by atoms with van der Waals surface area (Å²) in [4.78, 5) is 49.4. The van der Waals surface area contributed by atoms with Gasteiger partial charge < -0.3 is 29.8 Å². The molecule has 0 spiro atoms. The van der Waals surface area contributed by atoms with Gasteiger partial charge in [-0.05, 0) is 44.5 Å². The lowest BCUT2D eigenvalue weighted by molar-refractivity contribution is 0.0358. The Labute approximate surface area is 289 Å². The summed E-state index contributed by atoms with van der Waals surface area (Å²) in [5.74, 6) is -0.312. The summed E-state index contributed by atoms with van der Waals surface area (Å²) in [5.41, 5.74) is 8.37. The Bertz CT molecular complexity index is 1850. The first kappa shape index (κ1) is 35.4. The van der Waals surface area contributed by atoms with Crippen LogP contribution in [-0.4, -0.2) is 100 Å². The zero-order valence-corrected chi connectivity index (χ0v) is 28.7. The molecule has 4 heterocycles. The van der Waals surface area contributed by atoms with Gasteiger partial charge in [0.15, 0.2) is 0 Å². The SMILES string of the molecule is CCn1nc(C)cc1C(=O)Nc1nc2cc(C(N)=O)cc(OCCCN3CCOCC3)c2n1C/C=C/CNc1ncc(C(=O)OC)cc1S. The van der Waals surface area contributed by atoms with Crippen LogP contribution in [0.25, 0.3) is 11.0 Å². The number of methoxy groups -OCH3 is 1. The Balaban J connectivity index is 1.40. The quantitative estimate of drug-likeness (QED) is 0.0623. The highest BCUT2D eigenvalue weighted by Gasteiger charge is 2.22. The van der Waals surface area contributed by atoms with Crippen molar-refractivity contribution in [2.24, 2.45) is 5.73 Å². The number of fused-ring (bicyclic) bond motifs is 1. The summed E-state index contributed by atoms with van der Waals surface area (Å²) < 4.78 is 19.9. The van der Waals surface area contributed by atoms with E-state index < -0.39 is 11.9 Å². The van der Waals surface area contributed by atoms with Crippen LogP contribution in [-0.2, 0) is 22.6 Å². The van der Waals surface area contributed by atoms with Gasteiger partial charge in [-0.15, -0.1) is 12.6 Å². The lowest BCUT2D eigenvalue weighted by atomic mass is 10.1. The van der Waals surface area contributed by atoms with Crippen molar-refractivity contribution in [2.75, 3.05) is 63.7 Å². The molecule has 0 bridgehead atoms. The summed E-state index contributed by atoms with van der Waals surface area (Å²) in [6.07, 6.45) is 5.96. The minimum atomic E-state index is -0.620. The fourth-order valence-corrected chi connectivity index (χ4v) is 5.70. The number of hydrogen-bond donors (Lipinski definition) is 4. The number of nitrogens with zero attached hydrogens (tertiary/aromatic N) is 6. The van der Waals surface area contributed by atoms with Crippen molar-refractivity contribution < 1.29 is 28.6 Å². The van der Waals surface area contributed by atoms with Gasteiger partial charge in [0, 0.05) is 55.9 Å². The highest BCUT2D eigenvalue weighted by molar-refractivity contribution is 7.80. The molecule has 16 heteroatoms. The number of ether oxygens (including phenoxy) is 3. The van der Waals surface area contributed by atoms with E-state index in [2.05, 4.69) is 38.2 Å². The number of hydrogen-bond acceptors (Lipinski definition) is 12. The van der Waals surface area contributed by atoms with Crippen LogP contribution in [0.2, 0.25) is 0 Å². The molecule has 0 radical (unpaired) electrons. The van der Waals surface area contributed by atoms with Crippen LogP contribution in [0.4, 0.5) is 11.8 Å². The number of nitrogens with two attached hydrogens (primary N) is 1. The second-order valence-corrected chi connectivity index (χ2v) is 11.8. The van der Waals surface area contributed by atoms with Crippen molar-refractivity contribution in [3.05, 3.63) is 65.1 Å². The van der Waals surface area contributed by atoms with E-state index in [1.54, 1.807) is 28.9 Å². The Kier molecular flexibility index (Phi) is 11.9. The van der Waals surface area contributed by atoms with Gasteiger partial charge in [-0.2, -0.15) is 5.10 Å². The molecule has 260 valence electrons. The first-order valence-electron chi connectivity index (χ1n) is 16.0. The standard InChI is InChI=1S/C33H41N9O6S/c1-4-42-25(16-21(2)39-42)31(44)38-33-37-24-17-22(29(34)43)18-26(48-13-7-9-40-11-14-47-15-12-40)28(24)41(33)10-6-5-8-35-30-27(49)19-23(20-36-30)32(45)46-3/h5-6,16-20,49H,4,7-15H2,1-3H3,(H2,34,43)(H,35,36)(H,37,38,44)/b6-5+. The molecule has 15 nitrogen and oxygen atoms in total. The second kappa shape index (κ2) is 16.5. The Morgan fingerprint density at radius 2 is 1.92 bits per heavy atom. The molecule has 2 amide bonds. The molecule has 1 aliphatic rings. The molecule has 49 heavy (non-hydrogen) atoms. The normalized spacial score (nSPS) is 13.6. The van der Waals surface area contributed by atoms with E-state index in [4.69, 9.17) is 24.9 Å². The van der Waals surface area contributed by atoms with Gasteiger partial charge in [0.1, 0.15) is 22.8 Å². The summed E-state index contributed by atoms with van der Waals surface area (Å²) in [5, 5.41) is 10.5. The summed E-state index contributed by atoms with van der Waals surface area (Å²) in [7, 11) is 1.30. The lowest BCUT2D eigenvalue weighted by Crippen LogP contribution is -2.37. The van der Waals surface area contributed by atoms with E-state index in [0.717, 1.165) is 26.1 Å². The smallest absolute Gasteiger partial charge is 0.339 e. The number of imidazole rings is 1. The molecule has 5 rings (SSSR count). The molecule has 1 aliphatic heterocycles. The predicted octanol–water partition coefficient (Wildman–Crippen LogP) is 3.15. The van der Waals surface area contributed by atoms with Crippen LogP contribution in [0.1, 0.15) is 50.2 Å². The largest absolute Gasteiger partial charge is 0.491 e. The summed E-state index contributed by atoms with van der Waals surface area (Å²) in [6.45, 7) is 9.34. The number of carbonyl (C=O) groups excluding carboxylic acids is 3. The number of esters is 1. The van der Waals surface area contributed by atoms with Gasteiger partial charge in [0.05, 0.1) is 43.7 Å². The summed E-state index contributed by atoms with van der Waals surface area (Å²) in [6, 6.07) is 6.50. The number of benzene rings is 1. The van der Waals surface area contributed by atoms with Gasteiger partial charge in [-0.3, -0.25) is 24.5 Å². The van der Waals surface area contributed by atoms with Gasteiger partial charge in [0.2, 0.25) is 11.9 Å². The summed E-state index contributed by atoms with van der Waals surface area (Å²) >= 11 is 4.43. The van der Waals surface area contributed by atoms with Crippen molar-refractivity contribution in [1.82, 2.24) is 29.2 Å². The fraction of sp³-hybridized carbons (Fsp3) is 0.394. The van der Waals surface area contributed by atoms with Gasteiger partial charge in [-0.1, -0.05) is 12.2 Å². The predicted molar refractivity (Wildman–Crippen MR) is 187 cm³/mol. The van der Waals surface area contributed by atoms with Gasteiger partial charge >= 0.3 is 5.97 Å². The number of nitrogens with one attached hydrogen (secondary N) is 2. The van der Waals surface area contributed by atoms with E-state index >= 15 is 0 Å². The molecule has 4 N–H and O–H groups in total. The number of allylic oxidation sites excluding steroid dienone is 1. The van der Waals surface area contributed by atoms with E-state index in [9.17, 15) is 14.4 Å². The molecule has 3 aromatic heterocycles. The number of pyridine rings is 1. The third kappa shape index (κ3) is 8.76. The van der Waals surface area contributed by atoms with Crippen molar-refractivity contribution in [3.8, 4) is 5.75 Å². The van der Waals surface area contributed by atoms with Gasteiger partial charge in [0.25, 0.3) is 5.91 Å².